The van der Waals surface area contributed by atoms with E-state index in [-0.39, 0.29) is 17.8 Å². The topological polar surface area (TPSA) is 59.4 Å². The van der Waals surface area contributed by atoms with Crippen LogP contribution in [0.2, 0.25) is 0 Å². The summed E-state index contributed by atoms with van der Waals surface area (Å²) in [5.41, 5.74) is 1.92. The van der Waals surface area contributed by atoms with E-state index in [9.17, 15) is 9.18 Å². The van der Waals surface area contributed by atoms with E-state index in [1.807, 2.05) is 53.2 Å². The van der Waals surface area contributed by atoms with Crippen molar-refractivity contribution in [3.05, 3.63) is 83.8 Å². The molecular weight excluding hydrogens is 395 g/mol. The highest BCUT2D eigenvalue weighted by Crippen LogP contribution is 2.27. The standard InChI is InChI=1S/C24H27FN4O2/c1-31-23(19-5-3-2-4-6-19)24(30)27-22-11-14-26-29(22)21-12-15-28(16-13-21)17-18-7-9-20(25)10-8-18/h2-11,14,21,23H,12-13,15-17H2,1H3,(H,27,30). The Morgan fingerprint density at radius 2 is 1.84 bits per heavy atom. The third kappa shape index (κ3) is 5.18. The first-order valence-electron chi connectivity index (χ1n) is 10.5. The molecule has 7 heteroatoms. The molecule has 1 fully saturated rings. The second-order valence-electron chi connectivity index (χ2n) is 7.81. The number of rotatable bonds is 7. The number of nitrogens with zero attached hydrogens (tertiary/aromatic N) is 3. The van der Waals surface area contributed by atoms with E-state index in [4.69, 9.17) is 4.74 Å². The number of benzene rings is 2. The van der Waals surface area contributed by atoms with E-state index >= 15 is 0 Å². The van der Waals surface area contributed by atoms with Gasteiger partial charge in [0.1, 0.15) is 11.6 Å². The van der Waals surface area contributed by atoms with Gasteiger partial charge in [-0.1, -0.05) is 42.5 Å². The van der Waals surface area contributed by atoms with Crippen molar-refractivity contribution >= 4 is 11.7 Å². The number of carbonyl (C=O) groups is 1. The zero-order chi connectivity index (χ0) is 21.6. The normalized spacial score (nSPS) is 16.2. The summed E-state index contributed by atoms with van der Waals surface area (Å²) in [6, 6.07) is 18.1. The SMILES string of the molecule is COC(C(=O)Nc1ccnn1C1CCN(Cc2ccc(F)cc2)CC1)c1ccccc1. The molecule has 31 heavy (non-hydrogen) atoms. The maximum Gasteiger partial charge on any atom is 0.259 e. The Kier molecular flexibility index (Phi) is 6.74. The van der Waals surface area contributed by atoms with Gasteiger partial charge in [0.05, 0.1) is 12.2 Å². The summed E-state index contributed by atoms with van der Waals surface area (Å²) in [7, 11) is 1.53. The van der Waals surface area contributed by atoms with Crippen molar-refractivity contribution in [2.45, 2.75) is 31.5 Å². The molecule has 0 aliphatic carbocycles. The summed E-state index contributed by atoms with van der Waals surface area (Å²) in [4.78, 5) is 15.2. The van der Waals surface area contributed by atoms with Crippen molar-refractivity contribution < 1.29 is 13.9 Å². The number of hydrogen-bond donors (Lipinski definition) is 1. The smallest absolute Gasteiger partial charge is 0.259 e. The van der Waals surface area contributed by atoms with Crippen molar-refractivity contribution in [1.29, 1.82) is 0 Å². The van der Waals surface area contributed by atoms with E-state index in [1.54, 1.807) is 6.20 Å². The fourth-order valence-electron chi connectivity index (χ4n) is 4.09. The second kappa shape index (κ2) is 9.85. The van der Waals surface area contributed by atoms with Crippen LogP contribution in [0.15, 0.2) is 66.9 Å². The molecule has 3 aromatic rings. The number of hydrogen-bond acceptors (Lipinski definition) is 4. The van der Waals surface area contributed by atoms with Crippen LogP contribution in [0.1, 0.15) is 36.1 Å². The fourth-order valence-corrected chi connectivity index (χ4v) is 4.09. The molecule has 1 unspecified atom stereocenters. The highest BCUT2D eigenvalue weighted by atomic mass is 19.1. The van der Waals surface area contributed by atoms with E-state index in [2.05, 4.69) is 15.3 Å². The number of halogens is 1. The van der Waals surface area contributed by atoms with Crippen LogP contribution in [0.3, 0.4) is 0 Å². The minimum atomic E-state index is -0.679. The number of ether oxygens (including phenoxy) is 1. The van der Waals surface area contributed by atoms with Gasteiger partial charge in [0, 0.05) is 32.8 Å². The number of amides is 1. The average molecular weight is 423 g/mol. The van der Waals surface area contributed by atoms with Crippen LogP contribution in [0.25, 0.3) is 0 Å². The maximum atomic E-state index is 13.1. The van der Waals surface area contributed by atoms with Gasteiger partial charge in [0.25, 0.3) is 5.91 Å². The monoisotopic (exact) mass is 422 g/mol. The molecule has 1 aromatic heterocycles. The Morgan fingerprint density at radius 1 is 1.13 bits per heavy atom. The predicted octanol–water partition coefficient (Wildman–Crippen LogP) is 4.19. The molecule has 0 spiro atoms. The van der Waals surface area contributed by atoms with Gasteiger partial charge in [-0.2, -0.15) is 5.10 Å². The lowest BCUT2D eigenvalue weighted by Gasteiger charge is -2.32. The number of anilines is 1. The lowest BCUT2D eigenvalue weighted by molar-refractivity contribution is -0.126. The molecule has 1 amide bonds. The molecule has 2 heterocycles. The molecule has 0 bridgehead atoms. The molecule has 0 radical (unpaired) electrons. The highest BCUT2D eigenvalue weighted by molar-refractivity contribution is 5.94. The van der Waals surface area contributed by atoms with Crippen LogP contribution in [0.4, 0.5) is 10.2 Å². The first-order chi connectivity index (χ1) is 15.1. The summed E-state index contributed by atoms with van der Waals surface area (Å²) in [5.74, 6) is 0.253. The number of piperidine rings is 1. The number of likely N-dealkylation sites (tertiary alicyclic amines) is 1. The number of carbonyl (C=O) groups excluding carboxylic acids is 1. The van der Waals surface area contributed by atoms with E-state index < -0.39 is 6.10 Å². The Labute approximate surface area is 181 Å². The van der Waals surface area contributed by atoms with Gasteiger partial charge >= 0.3 is 0 Å². The van der Waals surface area contributed by atoms with Gasteiger partial charge in [0.2, 0.25) is 0 Å². The lowest BCUT2D eigenvalue weighted by Crippen LogP contribution is -2.35. The van der Waals surface area contributed by atoms with Crippen LogP contribution in [0.5, 0.6) is 0 Å². The first-order valence-corrected chi connectivity index (χ1v) is 10.5. The van der Waals surface area contributed by atoms with Crippen molar-refractivity contribution in [1.82, 2.24) is 14.7 Å². The molecule has 0 saturated carbocycles. The molecule has 162 valence electrons. The summed E-state index contributed by atoms with van der Waals surface area (Å²) in [6.07, 6.45) is 2.89. The highest BCUT2D eigenvalue weighted by Gasteiger charge is 2.25. The van der Waals surface area contributed by atoms with Crippen molar-refractivity contribution in [3.63, 3.8) is 0 Å². The molecule has 1 aliphatic heterocycles. The lowest BCUT2D eigenvalue weighted by atomic mass is 10.0. The minimum absolute atomic E-state index is 0.210. The molecule has 4 rings (SSSR count). The molecular formula is C24H27FN4O2. The molecule has 1 N–H and O–H groups in total. The van der Waals surface area contributed by atoms with Gasteiger partial charge in [-0.3, -0.25) is 9.69 Å². The van der Waals surface area contributed by atoms with Gasteiger partial charge in [-0.15, -0.1) is 0 Å². The number of nitrogens with one attached hydrogen (secondary N) is 1. The zero-order valence-electron chi connectivity index (χ0n) is 17.6. The van der Waals surface area contributed by atoms with E-state index in [0.29, 0.717) is 5.82 Å². The van der Waals surface area contributed by atoms with Gasteiger partial charge in [-0.25, -0.2) is 9.07 Å². The van der Waals surface area contributed by atoms with Crippen molar-refractivity contribution in [2.24, 2.45) is 0 Å². The molecule has 2 aromatic carbocycles. The van der Waals surface area contributed by atoms with Crippen LogP contribution in [0, 0.1) is 5.82 Å². The third-order valence-electron chi connectivity index (χ3n) is 5.72. The predicted molar refractivity (Wildman–Crippen MR) is 117 cm³/mol. The third-order valence-corrected chi connectivity index (χ3v) is 5.72. The maximum absolute atomic E-state index is 13.1. The molecule has 6 nitrogen and oxygen atoms in total. The van der Waals surface area contributed by atoms with Crippen molar-refractivity contribution in [3.8, 4) is 0 Å². The van der Waals surface area contributed by atoms with Crippen LogP contribution in [-0.4, -0.2) is 40.8 Å². The number of methoxy groups -OCH3 is 1. The van der Waals surface area contributed by atoms with E-state index in [0.717, 1.165) is 43.6 Å². The fraction of sp³-hybridized carbons (Fsp3) is 0.333. The molecule has 1 aliphatic rings. The van der Waals surface area contributed by atoms with Gasteiger partial charge < -0.3 is 10.1 Å². The van der Waals surface area contributed by atoms with E-state index in [1.165, 1.54) is 19.2 Å². The summed E-state index contributed by atoms with van der Waals surface area (Å²) < 4.78 is 20.5. The van der Waals surface area contributed by atoms with Crippen LogP contribution < -0.4 is 5.32 Å². The minimum Gasteiger partial charge on any atom is -0.367 e. The Balaban J connectivity index is 1.36. The van der Waals surface area contributed by atoms with Crippen LogP contribution >= 0.6 is 0 Å². The Morgan fingerprint density at radius 3 is 2.52 bits per heavy atom. The van der Waals surface area contributed by atoms with Gasteiger partial charge in [-0.05, 0) is 36.1 Å². The second-order valence-corrected chi connectivity index (χ2v) is 7.81. The number of aromatic nitrogens is 2. The zero-order valence-corrected chi connectivity index (χ0v) is 17.6. The molecule has 1 atom stereocenters. The van der Waals surface area contributed by atoms with Crippen molar-refractivity contribution in [2.75, 3.05) is 25.5 Å². The summed E-state index contributed by atoms with van der Waals surface area (Å²) in [6.45, 7) is 2.64. The van der Waals surface area contributed by atoms with Crippen LogP contribution in [-0.2, 0) is 16.1 Å². The quantitative estimate of drug-likeness (QED) is 0.620. The molecule has 1 saturated heterocycles. The Bertz CT molecular complexity index is 982. The Hall–Kier alpha value is -3.03. The first kappa shape index (κ1) is 21.2. The van der Waals surface area contributed by atoms with Gasteiger partial charge in [0.15, 0.2) is 6.10 Å². The summed E-state index contributed by atoms with van der Waals surface area (Å²) >= 11 is 0. The average Bonchev–Trinajstić information content (AvgIpc) is 3.25. The summed E-state index contributed by atoms with van der Waals surface area (Å²) in [5, 5.41) is 7.45. The largest absolute Gasteiger partial charge is 0.367 e.